The molecule has 2 amide bonds. The van der Waals surface area contributed by atoms with Crippen molar-refractivity contribution in [1.82, 2.24) is 10.6 Å². The molecule has 0 saturated heterocycles. The van der Waals surface area contributed by atoms with E-state index in [1.807, 2.05) is 30.3 Å². The molecule has 142 valence electrons. The predicted molar refractivity (Wildman–Crippen MR) is 98.9 cm³/mol. The fraction of sp³-hybridized carbons (Fsp3) is 0.250. The molecular weight excluding hydrogens is 348 g/mol. The van der Waals surface area contributed by atoms with E-state index in [0.717, 1.165) is 11.1 Å². The maximum absolute atomic E-state index is 12.1. The van der Waals surface area contributed by atoms with E-state index in [1.165, 1.54) is 19.2 Å². The van der Waals surface area contributed by atoms with Crippen LogP contribution in [0.4, 0.5) is 0 Å². The molecule has 0 spiro atoms. The van der Waals surface area contributed by atoms with E-state index in [4.69, 9.17) is 4.74 Å². The summed E-state index contributed by atoms with van der Waals surface area (Å²) in [5, 5.41) is 14.4. The average Bonchev–Trinajstić information content (AvgIpc) is 2.67. The molecule has 0 unspecified atom stereocenters. The molecule has 0 saturated carbocycles. The number of esters is 1. The summed E-state index contributed by atoms with van der Waals surface area (Å²) in [6.07, 6.45) is 0.374. The number of amides is 2. The van der Waals surface area contributed by atoms with Gasteiger partial charge in [-0.15, -0.1) is 0 Å². The van der Waals surface area contributed by atoms with Gasteiger partial charge in [-0.3, -0.25) is 9.59 Å². The molecule has 2 aromatic rings. The van der Waals surface area contributed by atoms with Crippen LogP contribution in [0.2, 0.25) is 0 Å². The van der Waals surface area contributed by atoms with Crippen LogP contribution in [-0.2, 0) is 32.0 Å². The lowest BCUT2D eigenvalue weighted by molar-refractivity contribution is -0.145. The number of benzene rings is 2. The van der Waals surface area contributed by atoms with Crippen LogP contribution in [0.1, 0.15) is 11.1 Å². The minimum Gasteiger partial charge on any atom is -0.508 e. The zero-order valence-corrected chi connectivity index (χ0v) is 15.0. The topological polar surface area (TPSA) is 105 Å². The first kappa shape index (κ1) is 20.0. The number of phenols is 1. The summed E-state index contributed by atoms with van der Waals surface area (Å²) in [7, 11) is 1.24. The SMILES string of the molecule is COC(=O)[C@H](Cc1ccc(O)cc1)NC(=O)CNC(=O)Cc1ccccc1. The molecule has 0 radical (unpaired) electrons. The molecule has 0 bridgehead atoms. The van der Waals surface area contributed by atoms with E-state index in [2.05, 4.69) is 10.6 Å². The van der Waals surface area contributed by atoms with Crippen LogP contribution >= 0.6 is 0 Å². The number of rotatable bonds is 8. The first-order valence-electron chi connectivity index (χ1n) is 8.43. The quantitative estimate of drug-likeness (QED) is 0.600. The van der Waals surface area contributed by atoms with Crippen molar-refractivity contribution < 1.29 is 24.2 Å². The highest BCUT2D eigenvalue weighted by Gasteiger charge is 2.22. The summed E-state index contributed by atoms with van der Waals surface area (Å²) in [5.41, 5.74) is 1.59. The number of hydrogen-bond acceptors (Lipinski definition) is 5. The van der Waals surface area contributed by atoms with E-state index in [-0.39, 0.29) is 31.0 Å². The fourth-order valence-electron chi connectivity index (χ4n) is 2.47. The third-order valence-corrected chi connectivity index (χ3v) is 3.85. The molecule has 7 nitrogen and oxygen atoms in total. The summed E-state index contributed by atoms with van der Waals surface area (Å²) in [6.45, 7) is -0.241. The Labute approximate surface area is 157 Å². The number of carbonyl (C=O) groups is 3. The van der Waals surface area contributed by atoms with Gasteiger partial charge in [-0.25, -0.2) is 4.79 Å². The Morgan fingerprint density at radius 1 is 0.963 bits per heavy atom. The Kier molecular flexibility index (Phi) is 7.37. The normalized spacial score (nSPS) is 11.3. The lowest BCUT2D eigenvalue weighted by Gasteiger charge is -2.17. The van der Waals surface area contributed by atoms with Crippen molar-refractivity contribution >= 4 is 17.8 Å². The van der Waals surface area contributed by atoms with E-state index in [0.29, 0.717) is 0 Å². The molecule has 27 heavy (non-hydrogen) atoms. The van der Waals surface area contributed by atoms with Gasteiger partial charge in [-0.2, -0.15) is 0 Å². The van der Waals surface area contributed by atoms with E-state index < -0.39 is 17.9 Å². The van der Waals surface area contributed by atoms with Crippen LogP contribution in [-0.4, -0.2) is 42.6 Å². The molecule has 3 N–H and O–H groups in total. The Morgan fingerprint density at radius 3 is 2.26 bits per heavy atom. The third-order valence-electron chi connectivity index (χ3n) is 3.85. The second-order valence-electron chi connectivity index (χ2n) is 5.95. The average molecular weight is 370 g/mol. The second kappa shape index (κ2) is 9.96. The van der Waals surface area contributed by atoms with Gasteiger partial charge in [0.1, 0.15) is 11.8 Å². The molecule has 0 aliphatic heterocycles. The zero-order chi connectivity index (χ0) is 19.6. The highest BCUT2D eigenvalue weighted by Crippen LogP contribution is 2.11. The molecule has 7 heteroatoms. The fourth-order valence-corrected chi connectivity index (χ4v) is 2.47. The number of hydrogen-bond donors (Lipinski definition) is 3. The largest absolute Gasteiger partial charge is 0.508 e. The molecule has 0 aliphatic carbocycles. The van der Waals surface area contributed by atoms with Crippen LogP contribution in [0, 0.1) is 0 Å². The molecule has 0 fully saturated rings. The van der Waals surface area contributed by atoms with Gasteiger partial charge in [0.2, 0.25) is 11.8 Å². The Bertz CT molecular complexity index is 775. The Morgan fingerprint density at radius 2 is 1.63 bits per heavy atom. The van der Waals surface area contributed by atoms with Gasteiger partial charge in [0, 0.05) is 6.42 Å². The molecule has 2 rings (SSSR count). The highest BCUT2D eigenvalue weighted by atomic mass is 16.5. The van der Waals surface area contributed by atoms with Gasteiger partial charge in [-0.1, -0.05) is 42.5 Å². The number of methoxy groups -OCH3 is 1. The standard InChI is InChI=1S/C20H22N2O5/c1-27-20(26)17(11-15-7-9-16(23)10-8-15)22-19(25)13-21-18(24)12-14-5-3-2-4-6-14/h2-10,17,23H,11-13H2,1H3,(H,21,24)(H,22,25)/t17-/m0/s1. The van der Waals surface area contributed by atoms with Crippen molar-refractivity contribution in [3.8, 4) is 5.75 Å². The van der Waals surface area contributed by atoms with Crippen LogP contribution in [0.3, 0.4) is 0 Å². The van der Waals surface area contributed by atoms with Crippen molar-refractivity contribution in [2.75, 3.05) is 13.7 Å². The van der Waals surface area contributed by atoms with E-state index in [9.17, 15) is 19.5 Å². The highest BCUT2D eigenvalue weighted by molar-refractivity contribution is 5.88. The number of phenolic OH excluding ortho intramolecular Hbond substituents is 1. The van der Waals surface area contributed by atoms with Crippen LogP contribution < -0.4 is 10.6 Å². The van der Waals surface area contributed by atoms with Crippen LogP contribution in [0.15, 0.2) is 54.6 Å². The summed E-state index contributed by atoms with van der Waals surface area (Å²) in [6, 6.07) is 14.6. The van der Waals surface area contributed by atoms with Crippen molar-refractivity contribution in [1.29, 1.82) is 0 Å². The summed E-state index contributed by atoms with van der Waals surface area (Å²) < 4.78 is 4.72. The van der Waals surface area contributed by atoms with Gasteiger partial charge in [0.05, 0.1) is 20.1 Å². The second-order valence-corrected chi connectivity index (χ2v) is 5.95. The molecule has 0 aliphatic rings. The number of carbonyl (C=O) groups excluding carboxylic acids is 3. The first-order valence-corrected chi connectivity index (χ1v) is 8.43. The monoisotopic (exact) mass is 370 g/mol. The van der Waals surface area contributed by atoms with Crippen LogP contribution in [0.25, 0.3) is 0 Å². The molecule has 0 aromatic heterocycles. The van der Waals surface area contributed by atoms with E-state index >= 15 is 0 Å². The van der Waals surface area contributed by atoms with Crippen molar-refractivity contribution in [3.05, 3.63) is 65.7 Å². The predicted octanol–water partition coefficient (Wildman–Crippen LogP) is 0.951. The minimum atomic E-state index is -0.891. The number of nitrogens with one attached hydrogen (secondary N) is 2. The molecule has 1 atom stereocenters. The number of ether oxygens (including phenoxy) is 1. The lowest BCUT2D eigenvalue weighted by Crippen LogP contribution is -2.47. The first-order chi connectivity index (χ1) is 13.0. The number of aromatic hydroxyl groups is 1. The van der Waals surface area contributed by atoms with Gasteiger partial charge in [0.25, 0.3) is 0 Å². The minimum absolute atomic E-state index is 0.110. The summed E-state index contributed by atoms with van der Waals surface area (Å²) in [5.74, 6) is -1.26. The van der Waals surface area contributed by atoms with Crippen molar-refractivity contribution in [3.63, 3.8) is 0 Å². The van der Waals surface area contributed by atoms with Crippen LogP contribution in [0.5, 0.6) is 5.75 Å². The Balaban J connectivity index is 1.86. The smallest absolute Gasteiger partial charge is 0.328 e. The van der Waals surface area contributed by atoms with Gasteiger partial charge in [0.15, 0.2) is 0 Å². The lowest BCUT2D eigenvalue weighted by atomic mass is 10.1. The van der Waals surface area contributed by atoms with Gasteiger partial charge in [-0.05, 0) is 23.3 Å². The summed E-state index contributed by atoms with van der Waals surface area (Å²) >= 11 is 0. The van der Waals surface area contributed by atoms with Gasteiger partial charge < -0.3 is 20.5 Å². The maximum atomic E-state index is 12.1. The third kappa shape index (κ3) is 6.81. The molecular formula is C20H22N2O5. The van der Waals surface area contributed by atoms with Gasteiger partial charge >= 0.3 is 5.97 Å². The van der Waals surface area contributed by atoms with E-state index in [1.54, 1.807) is 12.1 Å². The summed E-state index contributed by atoms with van der Waals surface area (Å²) in [4.78, 5) is 35.9. The zero-order valence-electron chi connectivity index (χ0n) is 15.0. The van der Waals surface area contributed by atoms with Crippen molar-refractivity contribution in [2.24, 2.45) is 0 Å². The Hall–Kier alpha value is -3.35. The van der Waals surface area contributed by atoms with Crippen molar-refractivity contribution in [2.45, 2.75) is 18.9 Å². The molecule has 0 heterocycles. The maximum Gasteiger partial charge on any atom is 0.328 e. The molecule has 2 aromatic carbocycles.